The summed E-state index contributed by atoms with van der Waals surface area (Å²) in [5, 5.41) is 0. The standard InChI is InChI=1S/C18H22N2O3/c1-12(21)16-9-19-17-20(16)10-15(23-17)11-22-14-7-5-13(6-8-14)18(2,3)4/h5-9,15H,10-11H2,1-4H3/t15-/m0/s1. The molecule has 2 aromatic rings. The zero-order valence-corrected chi connectivity index (χ0v) is 14.0. The number of nitrogens with zero attached hydrogens (tertiary/aromatic N) is 2. The van der Waals surface area contributed by atoms with Crippen molar-refractivity contribution in [3.8, 4) is 11.8 Å². The summed E-state index contributed by atoms with van der Waals surface area (Å²) in [6.07, 6.45) is 1.43. The highest BCUT2D eigenvalue weighted by atomic mass is 16.6. The molecule has 0 aliphatic carbocycles. The summed E-state index contributed by atoms with van der Waals surface area (Å²) < 4.78 is 13.3. The number of ether oxygens (including phenoxy) is 2. The summed E-state index contributed by atoms with van der Waals surface area (Å²) in [4.78, 5) is 15.6. The molecule has 0 amide bonds. The topological polar surface area (TPSA) is 53.4 Å². The van der Waals surface area contributed by atoms with Gasteiger partial charge in [-0.15, -0.1) is 0 Å². The van der Waals surface area contributed by atoms with Gasteiger partial charge < -0.3 is 9.47 Å². The molecule has 122 valence electrons. The van der Waals surface area contributed by atoms with Crippen LogP contribution in [0.1, 0.15) is 43.7 Å². The number of benzene rings is 1. The SMILES string of the molecule is CC(=O)c1cnc2n1C[C@@H](COc1ccc(C(C)(C)C)cc1)O2. The number of carbonyl (C=O) groups excluding carboxylic acids is 1. The highest BCUT2D eigenvalue weighted by Gasteiger charge is 2.28. The van der Waals surface area contributed by atoms with E-state index in [4.69, 9.17) is 9.47 Å². The predicted molar refractivity (Wildman–Crippen MR) is 87.3 cm³/mol. The van der Waals surface area contributed by atoms with E-state index in [1.165, 1.54) is 12.5 Å². The van der Waals surface area contributed by atoms with E-state index in [0.717, 1.165) is 5.75 Å². The molecule has 2 heterocycles. The molecule has 1 aliphatic heterocycles. The second-order valence-electron chi connectivity index (χ2n) is 6.92. The van der Waals surface area contributed by atoms with E-state index in [2.05, 4.69) is 37.9 Å². The van der Waals surface area contributed by atoms with Gasteiger partial charge in [-0.25, -0.2) is 4.98 Å². The number of Topliss-reactive ketones (excluding diaryl/α,β-unsaturated/α-hetero) is 1. The van der Waals surface area contributed by atoms with Crippen molar-refractivity contribution < 1.29 is 14.3 Å². The van der Waals surface area contributed by atoms with Crippen molar-refractivity contribution in [2.45, 2.75) is 45.8 Å². The van der Waals surface area contributed by atoms with Gasteiger partial charge in [0.05, 0.1) is 12.7 Å². The molecule has 3 rings (SSSR count). The Bertz CT molecular complexity index is 711. The molecule has 0 fully saturated rings. The fourth-order valence-electron chi connectivity index (χ4n) is 2.63. The summed E-state index contributed by atoms with van der Waals surface area (Å²) in [5.74, 6) is 0.810. The second kappa shape index (κ2) is 5.72. The number of fused-ring (bicyclic) bond motifs is 1. The highest BCUT2D eigenvalue weighted by Crippen LogP contribution is 2.26. The van der Waals surface area contributed by atoms with Gasteiger partial charge in [-0.1, -0.05) is 32.9 Å². The van der Waals surface area contributed by atoms with Gasteiger partial charge >= 0.3 is 0 Å². The number of hydrogen-bond donors (Lipinski definition) is 0. The minimum atomic E-state index is -0.126. The maximum atomic E-state index is 11.5. The van der Waals surface area contributed by atoms with Crippen LogP contribution < -0.4 is 9.47 Å². The van der Waals surface area contributed by atoms with Crippen LogP contribution in [0.3, 0.4) is 0 Å². The Kier molecular flexibility index (Phi) is 3.88. The van der Waals surface area contributed by atoms with Gasteiger partial charge in [0.15, 0.2) is 11.9 Å². The molecule has 1 aromatic carbocycles. The van der Waals surface area contributed by atoms with Crippen LogP contribution in [0, 0.1) is 0 Å². The van der Waals surface area contributed by atoms with Crippen LogP contribution >= 0.6 is 0 Å². The predicted octanol–water partition coefficient (Wildman–Crippen LogP) is 3.22. The van der Waals surface area contributed by atoms with Crippen LogP contribution in [0.25, 0.3) is 0 Å². The van der Waals surface area contributed by atoms with E-state index in [0.29, 0.717) is 24.9 Å². The van der Waals surface area contributed by atoms with Gasteiger partial charge in [-0.05, 0) is 23.1 Å². The highest BCUT2D eigenvalue weighted by molar-refractivity contribution is 5.92. The first kappa shape index (κ1) is 15.6. The van der Waals surface area contributed by atoms with E-state index in [9.17, 15) is 4.79 Å². The largest absolute Gasteiger partial charge is 0.490 e. The quantitative estimate of drug-likeness (QED) is 0.813. The summed E-state index contributed by atoms with van der Waals surface area (Å²) in [5.41, 5.74) is 1.98. The van der Waals surface area contributed by atoms with Crippen LogP contribution in [-0.4, -0.2) is 28.0 Å². The maximum Gasteiger partial charge on any atom is 0.297 e. The third kappa shape index (κ3) is 3.23. The Morgan fingerprint density at radius 2 is 2.04 bits per heavy atom. The molecule has 1 aliphatic rings. The molecule has 1 atom stereocenters. The maximum absolute atomic E-state index is 11.5. The van der Waals surface area contributed by atoms with Gasteiger partial charge in [0.2, 0.25) is 0 Å². The third-order valence-corrected chi connectivity index (χ3v) is 3.99. The van der Waals surface area contributed by atoms with E-state index >= 15 is 0 Å². The first-order chi connectivity index (χ1) is 10.8. The summed E-state index contributed by atoms with van der Waals surface area (Å²) in [6.45, 7) is 9.10. The monoisotopic (exact) mass is 314 g/mol. The van der Waals surface area contributed by atoms with Crippen molar-refractivity contribution in [2.75, 3.05) is 6.61 Å². The lowest BCUT2D eigenvalue weighted by Gasteiger charge is -2.19. The summed E-state index contributed by atoms with van der Waals surface area (Å²) in [6, 6.07) is 8.63. The van der Waals surface area contributed by atoms with Crippen molar-refractivity contribution in [3.63, 3.8) is 0 Å². The molecule has 0 radical (unpaired) electrons. The molecule has 0 bridgehead atoms. The molecule has 0 spiro atoms. The molecule has 0 unspecified atom stereocenters. The van der Waals surface area contributed by atoms with Crippen molar-refractivity contribution in [2.24, 2.45) is 0 Å². The molecular weight excluding hydrogens is 292 g/mol. The van der Waals surface area contributed by atoms with E-state index in [1.807, 2.05) is 12.1 Å². The van der Waals surface area contributed by atoms with E-state index in [1.54, 1.807) is 10.8 Å². The van der Waals surface area contributed by atoms with Crippen LogP contribution in [0.2, 0.25) is 0 Å². The Labute approximate surface area is 136 Å². The number of imidazole rings is 1. The number of carbonyl (C=O) groups is 1. The zero-order valence-electron chi connectivity index (χ0n) is 14.0. The number of rotatable bonds is 4. The van der Waals surface area contributed by atoms with E-state index in [-0.39, 0.29) is 17.3 Å². The Morgan fingerprint density at radius 1 is 1.35 bits per heavy atom. The molecular formula is C18H22N2O3. The Balaban J connectivity index is 1.59. The van der Waals surface area contributed by atoms with Gasteiger partial charge in [0, 0.05) is 6.92 Å². The van der Waals surface area contributed by atoms with Crippen LogP contribution in [0.4, 0.5) is 0 Å². The fraction of sp³-hybridized carbons (Fsp3) is 0.444. The lowest BCUT2D eigenvalue weighted by Crippen LogP contribution is -2.24. The molecule has 5 heteroatoms. The molecule has 23 heavy (non-hydrogen) atoms. The number of hydrogen-bond acceptors (Lipinski definition) is 4. The number of ketones is 1. The van der Waals surface area contributed by atoms with Crippen LogP contribution in [-0.2, 0) is 12.0 Å². The van der Waals surface area contributed by atoms with Gasteiger partial charge in [-0.2, -0.15) is 0 Å². The Morgan fingerprint density at radius 3 is 2.65 bits per heavy atom. The van der Waals surface area contributed by atoms with Crippen molar-refractivity contribution in [3.05, 3.63) is 41.7 Å². The lowest BCUT2D eigenvalue weighted by molar-refractivity contribution is 0.100. The molecule has 1 aromatic heterocycles. The molecule has 0 saturated heterocycles. The lowest BCUT2D eigenvalue weighted by atomic mass is 9.87. The first-order valence-corrected chi connectivity index (χ1v) is 7.81. The van der Waals surface area contributed by atoms with Gasteiger partial charge in [-0.3, -0.25) is 9.36 Å². The third-order valence-electron chi connectivity index (χ3n) is 3.99. The normalized spacial score (nSPS) is 16.8. The van der Waals surface area contributed by atoms with Crippen molar-refractivity contribution in [1.29, 1.82) is 0 Å². The van der Waals surface area contributed by atoms with Gasteiger partial charge in [0.1, 0.15) is 18.1 Å². The average molecular weight is 314 g/mol. The van der Waals surface area contributed by atoms with Crippen LogP contribution in [0.15, 0.2) is 30.5 Å². The second-order valence-corrected chi connectivity index (χ2v) is 6.92. The smallest absolute Gasteiger partial charge is 0.297 e. The van der Waals surface area contributed by atoms with Gasteiger partial charge in [0.25, 0.3) is 6.01 Å². The minimum Gasteiger partial charge on any atom is -0.490 e. The summed E-state index contributed by atoms with van der Waals surface area (Å²) >= 11 is 0. The summed E-state index contributed by atoms with van der Waals surface area (Å²) in [7, 11) is 0. The van der Waals surface area contributed by atoms with Crippen LogP contribution in [0.5, 0.6) is 11.8 Å². The number of aromatic nitrogens is 2. The molecule has 0 saturated carbocycles. The minimum absolute atomic E-state index is 0.00770. The first-order valence-electron chi connectivity index (χ1n) is 7.81. The molecule has 5 nitrogen and oxygen atoms in total. The van der Waals surface area contributed by atoms with Crippen molar-refractivity contribution in [1.82, 2.24) is 9.55 Å². The average Bonchev–Trinajstić information content (AvgIpc) is 3.04. The molecule has 0 N–H and O–H groups in total. The fourth-order valence-corrected chi connectivity index (χ4v) is 2.63. The zero-order chi connectivity index (χ0) is 16.6. The van der Waals surface area contributed by atoms with Crippen molar-refractivity contribution >= 4 is 5.78 Å². The van der Waals surface area contributed by atoms with E-state index < -0.39 is 0 Å². The Hall–Kier alpha value is -2.30.